The van der Waals surface area contributed by atoms with E-state index in [4.69, 9.17) is 0 Å². The molecule has 0 aliphatic heterocycles. The largest absolute Gasteiger partial charge is 0.356 e. The van der Waals surface area contributed by atoms with Crippen LogP contribution >= 0.6 is 0 Å². The van der Waals surface area contributed by atoms with E-state index in [0.29, 0.717) is 24.9 Å². The average Bonchev–Trinajstić information content (AvgIpc) is 2.59. The summed E-state index contributed by atoms with van der Waals surface area (Å²) in [5.74, 6) is -0.281. The Hall–Kier alpha value is -1.91. The Morgan fingerprint density at radius 2 is 1.61 bits per heavy atom. The summed E-state index contributed by atoms with van der Waals surface area (Å²) in [6, 6.07) is 6.45. The van der Waals surface area contributed by atoms with Crippen LogP contribution in [0.25, 0.3) is 0 Å². The molecule has 0 spiro atoms. The predicted molar refractivity (Wildman–Crippen MR) is 87.0 cm³/mol. The monoisotopic (exact) mass is 320 g/mol. The molecule has 2 amide bonds. The van der Waals surface area contributed by atoms with Crippen LogP contribution in [-0.4, -0.2) is 18.4 Å². The second kappa shape index (κ2) is 8.65. The van der Waals surface area contributed by atoms with Crippen LogP contribution in [0.1, 0.15) is 44.6 Å². The summed E-state index contributed by atoms with van der Waals surface area (Å²) in [6.45, 7) is 2.95. The highest BCUT2D eigenvalue weighted by molar-refractivity contribution is 5.81. The molecule has 4 nitrogen and oxygen atoms in total. The molecule has 5 heteroatoms. The molecular weight excluding hydrogens is 295 g/mol. The van der Waals surface area contributed by atoms with E-state index in [1.807, 2.05) is 6.92 Å². The topological polar surface area (TPSA) is 58.2 Å². The van der Waals surface area contributed by atoms with Gasteiger partial charge >= 0.3 is 0 Å². The fourth-order valence-electron chi connectivity index (χ4n) is 2.98. The number of carbonyl (C=O) groups excluding carboxylic acids is 2. The Bertz CT molecular complexity index is 540. The summed E-state index contributed by atoms with van der Waals surface area (Å²) in [5.41, 5.74) is 0.494. The first-order valence-electron chi connectivity index (χ1n) is 8.40. The first kappa shape index (κ1) is 17.4. The molecule has 23 heavy (non-hydrogen) atoms. The van der Waals surface area contributed by atoms with Crippen molar-refractivity contribution in [1.82, 2.24) is 10.6 Å². The van der Waals surface area contributed by atoms with Gasteiger partial charge in [0, 0.05) is 30.5 Å². The molecule has 0 unspecified atom stereocenters. The van der Waals surface area contributed by atoms with Gasteiger partial charge < -0.3 is 10.6 Å². The third-order valence-electron chi connectivity index (χ3n) is 4.43. The molecule has 1 fully saturated rings. The number of hydrogen-bond donors (Lipinski definition) is 2. The van der Waals surface area contributed by atoms with Crippen LogP contribution in [0.3, 0.4) is 0 Å². The van der Waals surface area contributed by atoms with E-state index in [1.165, 1.54) is 6.07 Å². The van der Waals surface area contributed by atoms with Gasteiger partial charge in [-0.1, -0.05) is 25.1 Å². The van der Waals surface area contributed by atoms with Crippen molar-refractivity contribution in [1.29, 1.82) is 0 Å². The first-order valence-corrected chi connectivity index (χ1v) is 8.40. The van der Waals surface area contributed by atoms with Crippen LogP contribution in [0, 0.1) is 17.7 Å². The lowest BCUT2D eigenvalue weighted by molar-refractivity contribution is -0.130. The van der Waals surface area contributed by atoms with Crippen LogP contribution < -0.4 is 10.6 Å². The van der Waals surface area contributed by atoms with Crippen LogP contribution in [-0.2, 0) is 16.1 Å². The standard InChI is InChI=1S/C18H25FN2O2/c1-2-11-20-17(22)13-7-9-14(10-8-13)18(23)21-12-15-5-3-4-6-16(15)19/h3-6,13-14H,2,7-12H2,1H3,(H,20,22)(H,21,23). The average molecular weight is 320 g/mol. The summed E-state index contributed by atoms with van der Waals surface area (Å²) >= 11 is 0. The number of rotatable bonds is 6. The van der Waals surface area contributed by atoms with Gasteiger partial charge in [0.15, 0.2) is 0 Å². The Morgan fingerprint density at radius 1 is 1.04 bits per heavy atom. The summed E-state index contributed by atoms with van der Waals surface area (Å²) in [4.78, 5) is 24.1. The molecule has 1 aliphatic rings. The highest BCUT2D eigenvalue weighted by Crippen LogP contribution is 2.29. The molecule has 1 aliphatic carbocycles. The molecular formula is C18H25FN2O2. The van der Waals surface area contributed by atoms with Crippen molar-refractivity contribution in [3.63, 3.8) is 0 Å². The van der Waals surface area contributed by atoms with E-state index < -0.39 is 0 Å². The molecule has 2 N–H and O–H groups in total. The van der Waals surface area contributed by atoms with Crippen molar-refractivity contribution < 1.29 is 14.0 Å². The van der Waals surface area contributed by atoms with Crippen molar-refractivity contribution in [2.45, 2.75) is 45.6 Å². The van der Waals surface area contributed by atoms with Gasteiger partial charge in [-0.2, -0.15) is 0 Å². The van der Waals surface area contributed by atoms with Crippen molar-refractivity contribution in [3.8, 4) is 0 Å². The third-order valence-corrected chi connectivity index (χ3v) is 4.43. The predicted octanol–water partition coefficient (Wildman–Crippen LogP) is 2.77. The number of nitrogens with one attached hydrogen (secondary N) is 2. The molecule has 0 atom stereocenters. The third kappa shape index (κ3) is 5.05. The Kier molecular flexibility index (Phi) is 6.56. The minimum atomic E-state index is -0.302. The first-order chi connectivity index (χ1) is 11.1. The van der Waals surface area contributed by atoms with Gasteiger partial charge in [-0.15, -0.1) is 0 Å². The number of carbonyl (C=O) groups is 2. The lowest BCUT2D eigenvalue weighted by atomic mass is 9.81. The fraction of sp³-hybridized carbons (Fsp3) is 0.556. The summed E-state index contributed by atoms with van der Waals surface area (Å²) in [7, 11) is 0. The van der Waals surface area contributed by atoms with Crippen LogP contribution in [0.4, 0.5) is 4.39 Å². The van der Waals surface area contributed by atoms with Crippen molar-refractivity contribution in [3.05, 3.63) is 35.6 Å². The van der Waals surface area contributed by atoms with E-state index in [1.54, 1.807) is 18.2 Å². The molecule has 1 aromatic rings. The van der Waals surface area contributed by atoms with E-state index >= 15 is 0 Å². The second-order valence-electron chi connectivity index (χ2n) is 6.15. The van der Waals surface area contributed by atoms with E-state index in [2.05, 4.69) is 10.6 Å². The highest BCUT2D eigenvalue weighted by Gasteiger charge is 2.29. The summed E-state index contributed by atoms with van der Waals surface area (Å²) in [6.07, 6.45) is 3.85. The van der Waals surface area contributed by atoms with E-state index in [0.717, 1.165) is 19.3 Å². The van der Waals surface area contributed by atoms with Gasteiger partial charge in [-0.25, -0.2) is 4.39 Å². The van der Waals surface area contributed by atoms with Gasteiger partial charge in [-0.3, -0.25) is 9.59 Å². The molecule has 0 saturated heterocycles. The molecule has 2 rings (SSSR count). The molecule has 0 radical (unpaired) electrons. The van der Waals surface area contributed by atoms with Crippen molar-refractivity contribution >= 4 is 11.8 Å². The molecule has 0 bridgehead atoms. The van der Waals surface area contributed by atoms with Gasteiger partial charge in [-0.05, 0) is 38.2 Å². The zero-order valence-corrected chi connectivity index (χ0v) is 13.6. The minimum Gasteiger partial charge on any atom is -0.356 e. The molecule has 0 aromatic heterocycles. The van der Waals surface area contributed by atoms with E-state index in [9.17, 15) is 14.0 Å². The van der Waals surface area contributed by atoms with Gasteiger partial charge in [0.2, 0.25) is 11.8 Å². The number of benzene rings is 1. The number of amides is 2. The van der Waals surface area contributed by atoms with Gasteiger partial charge in [0.05, 0.1) is 0 Å². The smallest absolute Gasteiger partial charge is 0.223 e. The Labute approximate surface area is 136 Å². The maximum Gasteiger partial charge on any atom is 0.223 e. The molecule has 1 aromatic carbocycles. The maximum absolute atomic E-state index is 13.5. The van der Waals surface area contributed by atoms with E-state index in [-0.39, 0.29) is 36.0 Å². The fourth-order valence-corrected chi connectivity index (χ4v) is 2.98. The Morgan fingerprint density at radius 3 is 2.17 bits per heavy atom. The van der Waals surface area contributed by atoms with Crippen molar-refractivity contribution in [2.24, 2.45) is 11.8 Å². The highest BCUT2D eigenvalue weighted by atomic mass is 19.1. The van der Waals surface area contributed by atoms with Crippen LogP contribution in [0.15, 0.2) is 24.3 Å². The Balaban J connectivity index is 1.75. The number of halogens is 1. The molecule has 1 saturated carbocycles. The van der Waals surface area contributed by atoms with Gasteiger partial charge in [0.25, 0.3) is 0 Å². The summed E-state index contributed by atoms with van der Waals surface area (Å²) in [5, 5.41) is 5.73. The quantitative estimate of drug-likeness (QED) is 0.847. The zero-order valence-electron chi connectivity index (χ0n) is 13.6. The SMILES string of the molecule is CCCNC(=O)C1CCC(C(=O)NCc2ccccc2F)CC1. The second-order valence-corrected chi connectivity index (χ2v) is 6.15. The lowest BCUT2D eigenvalue weighted by Gasteiger charge is -2.27. The van der Waals surface area contributed by atoms with Crippen LogP contribution in [0.5, 0.6) is 0 Å². The van der Waals surface area contributed by atoms with Crippen LogP contribution in [0.2, 0.25) is 0 Å². The number of hydrogen-bond acceptors (Lipinski definition) is 2. The van der Waals surface area contributed by atoms with Gasteiger partial charge in [0.1, 0.15) is 5.82 Å². The molecule has 126 valence electrons. The zero-order chi connectivity index (χ0) is 16.7. The minimum absolute atomic E-state index is 0.0252. The maximum atomic E-state index is 13.5. The normalized spacial score (nSPS) is 20.8. The molecule has 0 heterocycles. The lowest BCUT2D eigenvalue weighted by Crippen LogP contribution is -2.37. The van der Waals surface area contributed by atoms with Crippen molar-refractivity contribution in [2.75, 3.05) is 6.54 Å². The summed E-state index contributed by atoms with van der Waals surface area (Å²) < 4.78 is 13.5.